The summed E-state index contributed by atoms with van der Waals surface area (Å²) in [5.41, 5.74) is 7.66. The first-order chi connectivity index (χ1) is 20.6. The van der Waals surface area contributed by atoms with Gasteiger partial charge in [0.05, 0.1) is 28.3 Å². The fourth-order valence-electron chi connectivity index (χ4n) is 5.26. The molecule has 7 nitrogen and oxygen atoms in total. The minimum atomic E-state index is -4.56. The van der Waals surface area contributed by atoms with Gasteiger partial charge in [0.1, 0.15) is 5.75 Å². The minimum Gasteiger partial charge on any atom is -0.493 e. The van der Waals surface area contributed by atoms with Gasteiger partial charge in [-0.15, -0.1) is 0 Å². The summed E-state index contributed by atoms with van der Waals surface area (Å²) < 4.78 is 45.2. The Morgan fingerprint density at radius 1 is 1.05 bits per heavy atom. The lowest BCUT2D eigenvalue weighted by Crippen LogP contribution is -2.55. The number of nitrogens with one attached hydrogen (secondary N) is 1. The number of nitrogens with zero attached hydrogens (tertiary/aromatic N) is 2. The topological polar surface area (TPSA) is 87.9 Å². The van der Waals surface area contributed by atoms with Gasteiger partial charge in [0.15, 0.2) is 0 Å². The first-order valence-electron chi connectivity index (χ1n) is 14.4. The van der Waals surface area contributed by atoms with Crippen LogP contribution in [-0.4, -0.2) is 62.1 Å². The Morgan fingerprint density at radius 3 is 2.49 bits per heavy atom. The third kappa shape index (κ3) is 7.43. The molecule has 3 N–H and O–H groups in total. The monoisotopic (exact) mass is 616 g/mol. The van der Waals surface area contributed by atoms with Crippen molar-refractivity contribution in [2.24, 2.45) is 5.73 Å². The third-order valence-corrected chi connectivity index (χ3v) is 7.80. The van der Waals surface area contributed by atoms with Crippen LogP contribution in [0.3, 0.4) is 0 Å². The predicted octanol–water partition coefficient (Wildman–Crippen LogP) is 6.24. The number of ether oxygens (including phenoxy) is 1. The number of amides is 2. The van der Waals surface area contributed by atoms with Crippen molar-refractivity contribution in [3.63, 3.8) is 0 Å². The van der Waals surface area contributed by atoms with E-state index in [0.717, 1.165) is 35.0 Å². The van der Waals surface area contributed by atoms with Gasteiger partial charge in [-0.05, 0) is 68.3 Å². The average molecular weight is 617 g/mol. The zero-order chi connectivity index (χ0) is 31.1. The van der Waals surface area contributed by atoms with E-state index in [-0.39, 0.29) is 22.5 Å². The Hall–Kier alpha value is -3.76. The molecule has 3 aromatic rings. The van der Waals surface area contributed by atoms with Gasteiger partial charge >= 0.3 is 6.18 Å². The number of carbonyl (C=O) groups excluding carboxylic acids is 2. The van der Waals surface area contributed by atoms with Gasteiger partial charge in [-0.3, -0.25) is 9.59 Å². The fraction of sp³-hybridized carbons (Fsp3) is 0.375. The minimum absolute atomic E-state index is 0.0234. The van der Waals surface area contributed by atoms with Crippen molar-refractivity contribution in [1.29, 1.82) is 0 Å². The van der Waals surface area contributed by atoms with Crippen molar-refractivity contribution in [1.82, 2.24) is 10.2 Å². The second-order valence-electron chi connectivity index (χ2n) is 10.3. The molecule has 1 heterocycles. The molecular weight excluding hydrogens is 581 g/mol. The van der Waals surface area contributed by atoms with Crippen LogP contribution < -0.4 is 20.7 Å². The maximum absolute atomic E-state index is 13.5. The molecule has 4 rings (SSSR count). The Balaban J connectivity index is 1.63. The van der Waals surface area contributed by atoms with E-state index in [4.69, 9.17) is 22.1 Å². The van der Waals surface area contributed by atoms with Crippen LogP contribution in [-0.2, 0) is 6.18 Å². The van der Waals surface area contributed by atoms with Crippen molar-refractivity contribution in [3.8, 4) is 16.9 Å². The quantitative estimate of drug-likeness (QED) is 0.263. The molecule has 2 amide bonds. The molecule has 0 aromatic heterocycles. The molecule has 0 spiro atoms. The number of para-hydroxylation sites is 1. The summed E-state index contributed by atoms with van der Waals surface area (Å²) in [5.74, 6) is 0.0521. The Labute approximate surface area is 254 Å². The van der Waals surface area contributed by atoms with Crippen molar-refractivity contribution in [3.05, 3.63) is 82.4 Å². The molecule has 1 aliphatic heterocycles. The fourth-order valence-corrected chi connectivity index (χ4v) is 5.52. The highest BCUT2D eigenvalue weighted by molar-refractivity contribution is 6.33. The molecule has 0 unspecified atom stereocenters. The Morgan fingerprint density at radius 2 is 1.81 bits per heavy atom. The molecule has 3 aromatic carbocycles. The average Bonchev–Trinajstić information content (AvgIpc) is 3.00. The Kier molecular flexibility index (Phi) is 10.6. The van der Waals surface area contributed by atoms with Crippen LogP contribution in [0.25, 0.3) is 11.1 Å². The van der Waals surface area contributed by atoms with Crippen molar-refractivity contribution in [2.45, 2.75) is 38.9 Å². The molecule has 1 atom stereocenters. The van der Waals surface area contributed by atoms with Gasteiger partial charge in [0.25, 0.3) is 11.8 Å². The molecule has 1 saturated heterocycles. The van der Waals surface area contributed by atoms with Crippen LogP contribution in [0.5, 0.6) is 5.75 Å². The van der Waals surface area contributed by atoms with Crippen LogP contribution >= 0.6 is 11.6 Å². The van der Waals surface area contributed by atoms with Crippen LogP contribution in [0.2, 0.25) is 5.02 Å². The SMILES string of the molecule is CCOc1ccccc1-c1ccc(N2CCN(C(=O)c3ccc(C(F)(F)F)cc3Cl)C[C@H]2CC)c(C(=O)NCCCN)c1. The number of hydrogen-bond donors (Lipinski definition) is 2. The van der Waals surface area contributed by atoms with Gasteiger partial charge in [-0.25, -0.2) is 0 Å². The van der Waals surface area contributed by atoms with Gasteiger partial charge in [-0.1, -0.05) is 42.8 Å². The van der Waals surface area contributed by atoms with E-state index in [9.17, 15) is 22.8 Å². The van der Waals surface area contributed by atoms with Gasteiger partial charge in [0.2, 0.25) is 0 Å². The summed E-state index contributed by atoms with van der Waals surface area (Å²) in [7, 11) is 0. The highest BCUT2D eigenvalue weighted by atomic mass is 35.5. The first kappa shape index (κ1) is 32.2. The largest absolute Gasteiger partial charge is 0.493 e. The lowest BCUT2D eigenvalue weighted by Gasteiger charge is -2.43. The van der Waals surface area contributed by atoms with E-state index in [1.165, 1.54) is 0 Å². The Bertz CT molecular complexity index is 1450. The predicted molar refractivity (Wildman–Crippen MR) is 163 cm³/mol. The molecule has 1 fully saturated rings. The molecule has 0 bridgehead atoms. The lowest BCUT2D eigenvalue weighted by molar-refractivity contribution is -0.137. The summed E-state index contributed by atoms with van der Waals surface area (Å²) >= 11 is 6.13. The second kappa shape index (κ2) is 14.1. The molecular formula is C32H36ClF3N4O3. The van der Waals surface area contributed by atoms with E-state index < -0.39 is 17.6 Å². The number of benzene rings is 3. The molecule has 11 heteroatoms. The molecule has 1 aliphatic rings. The molecule has 230 valence electrons. The molecule has 0 aliphatic carbocycles. The number of halogens is 4. The summed E-state index contributed by atoms with van der Waals surface area (Å²) in [6, 6.07) is 16.0. The maximum Gasteiger partial charge on any atom is 0.416 e. The first-order valence-corrected chi connectivity index (χ1v) is 14.7. The number of rotatable bonds is 10. The molecule has 43 heavy (non-hydrogen) atoms. The standard InChI is InChI=1S/C32H36ClF3N4O3/c1-3-23-20-39(31(42)25-12-11-22(19-27(25)33)32(34,35)36)16-17-40(23)28-13-10-21(18-26(28)30(41)38-15-7-14-37)24-8-5-6-9-29(24)43-4-2/h5-6,8-13,18-19,23H,3-4,7,14-17,20,37H2,1-2H3,(H,38,41)/t23-/m1/s1. The number of alkyl halides is 3. The van der Waals surface area contributed by atoms with Gasteiger partial charge in [-0.2, -0.15) is 13.2 Å². The van der Waals surface area contributed by atoms with Crippen LogP contribution in [0, 0.1) is 0 Å². The van der Waals surface area contributed by atoms with E-state index in [2.05, 4.69) is 10.2 Å². The van der Waals surface area contributed by atoms with Crippen molar-refractivity contribution >= 4 is 29.1 Å². The zero-order valence-corrected chi connectivity index (χ0v) is 25.0. The van der Waals surface area contributed by atoms with E-state index in [0.29, 0.717) is 63.5 Å². The number of carbonyl (C=O) groups is 2. The van der Waals surface area contributed by atoms with Gasteiger partial charge in [0, 0.05) is 43.5 Å². The summed E-state index contributed by atoms with van der Waals surface area (Å²) in [5, 5.41) is 2.72. The summed E-state index contributed by atoms with van der Waals surface area (Å²) in [6.07, 6.45) is -3.26. The summed E-state index contributed by atoms with van der Waals surface area (Å²) in [4.78, 5) is 30.6. The molecule has 0 radical (unpaired) electrons. The van der Waals surface area contributed by atoms with E-state index in [1.54, 1.807) is 4.90 Å². The normalized spacial score (nSPS) is 15.4. The number of hydrogen-bond acceptors (Lipinski definition) is 5. The maximum atomic E-state index is 13.5. The number of anilines is 1. The lowest BCUT2D eigenvalue weighted by atomic mass is 9.98. The second-order valence-corrected chi connectivity index (χ2v) is 10.7. The summed E-state index contributed by atoms with van der Waals surface area (Å²) in [6.45, 7) is 6.32. The highest BCUT2D eigenvalue weighted by Gasteiger charge is 2.34. The van der Waals surface area contributed by atoms with Gasteiger partial charge < -0.3 is 25.6 Å². The van der Waals surface area contributed by atoms with E-state index >= 15 is 0 Å². The number of piperazine rings is 1. The van der Waals surface area contributed by atoms with Crippen LogP contribution in [0.15, 0.2) is 60.7 Å². The smallest absolute Gasteiger partial charge is 0.416 e. The van der Waals surface area contributed by atoms with Crippen LogP contribution in [0.1, 0.15) is 53.0 Å². The highest BCUT2D eigenvalue weighted by Crippen LogP contribution is 2.36. The molecule has 0 saturated carbocycles. The van der Waals surface area contributed by atoms with E-state index in [1.807, 2.05) is 56.3 Å². The van der Waals surface area contributed by atoms with Crippen LogP contribution in [0.4, 0.5) is 18.9 Å². The van der Waals surface area contributed by atoms with Crippen molar-refractivity contribution in [2.75, 3.05) is 44.2 Å². The number of nitrogens with two attached hydrogens (primary N) is 1. The van der Waals surface area contributed by atoms with Crippen molar-refractivity contribution < 1.29 is 27.5 Å². The third-order valence-electron chi connectivity index (χ3n) is 7.48. The zero-order valence-electron chi connectivity index (χ0n) is 24.2.